The summed E-state index contributed by atoms with van der Waals surface area (Å²) in [6.45, 7) is 3.10. The first-order valence-corrected chi connectivity index (χ1v) is 6.69. The minimum absolute atomic E-state index is 0.0720. The third-order valence-electron chi connectivity index (χ3n) is 2.71. The molecule has 0 heterocycles. The van der Waals surface area contributed by atoms with Crippen LogP contribution in [0.4, 0.5) is 5.69 Å². The predicted molar refractivity (Wildman–Crippen MR) is 77.5 cm³/mol. The molecule has 1 amide bonds. The van der Waals surface area contributed by atoms with Crippen molar-refractivity contribution in [2.45, 2.75) is 26.2 Å². The molecule has 100 valence electrons. The Kier molecular flexibility index (Phi) is 5.99. The summed E-state index contributed by atoms with van der Waals surface area (Å²) in [5, 5.41) is 3.80. The minimum Gasteiger partial charge on any atom is -0.385 e. The second-order valence-corrected chi connectivity index (χ2v) is 4.94. The van der Waals surface area contributed by atoms with E-state index in [1.165, 1.54) is 17.7 Å². The molecule has 0 bridgehead atoms. The molecule has 0 saturated carbocycles. The van der Waals surface area contributed by atoms with Gasteiger partial charge in [-0.1, -0.05) is 31.4 Å². The minimum atomic E-state index is -0.0720. The van der Waals surface area contributed by atoms with E-state index in [4.69, 9.17) is 11.6 Å². The smallest absolute Gasteiger partial charge is 0.254 e. The molecule has 4 heteroatoms. The number of nitrogens with one attached hydrogen (secondary N) is 1. The van der Waals surface area contributed by atoms with Crippen LogP contribution in [0, 0.1) is 0 Å². The predicted octanol–water partition coefficient (Wildman–Crippen LogP) is 3.64. The van der Waals surface area contributed by atoms with E-state index in [-0.39, 0.29) is 5.91 Å². The van der Waals surface area contributed by atoms with E-state index in [0.717, 1.165) is 18.7 Å². The number of nitrogens with zero attached hydrogens (tertiary/aromatic N) is 1. The van der Waals surface area contributed by atoms with Crippen LogP contribution in [0.15, 0.2) is 18.2 Å². The monoisotopic (exact) mass is 268 g/mol. The molecule has 0 fully saturated rings. The fourth-order valence-corrected chi connectivity index (χ4v) is 1.85. The summed E-state index contributed by atoms with van der Waals surface area (Å²) in [4.78, 5) is 13.4. The van der Waals surface area contributed by atoms with E-state index in [2.05, 4.69) is 12.2 Å². The Morgan fingerprint density at radius 2 is 2.06 bits per heavy atom. The Balaban J connectivity index is 2.71. The molecule has 1 N–H and O–H groups in total. The van der Waals surface area contributed by atoms with Crippen LogP contribution >= 0.6 is 11.6 Å². The van der Waals surface area contributed by atoms with Crippen molar-refractivity contribution in [2.24, 2.45) is 0 Å². The molecule has 1 rings (SSSR count). The third kappa shape index (κ3) is 4.22. The van der Waals surface area contributed by atoms with Gasteiger partial charge in [0, 0.05) is 26.3 Å². The van der Waals surface area contributed by atoms with Crippen molar-refractivity contribution < 1.29 is 4.79 Å². The first-order valence-electron chi connectivity index (χ1n) is 6.31. The van der Waals surface area contributed by atoms with Crippen molar-refractivity contribution in [2.75, 3.05) is 26.0 Å². The first-order chi connectivity index (χ1) is 8.56. The molecular weight excluding hydrogens is 248 g/mol. The zero-order valence-corrected chi connectivity index (χ0v) is 12.0. The molecule has 0 atom stereocenters. The lowest BCUT2D eigenvalue weighted by Crippen LogP contribution is -2.22. The zero-order valence-electron chi connectivity index (χ0n) is 11.3. The van der Waals surface area contributed by atoms with Crippen LogP contribution in [0.3, 0.4) is 0 Å². The van der Waals surface area contributed by atoms with Crippen molar-refractivity contribution in [3.63, 3.8) is 0 Å². The van der Waals surface area contributed by atoms with Gasteiger partial charge < -0.3 is 10.2 Å². The van der Waals surface area contributed by atoms with Gasteiger partial charge in [0.05, 0.1) is 10.6 Å². The maximum atomic E-state index is 11.9. The highest BCUT2D eigenvalue weighted by Gasteiger charge is 2.12. The van der Waals surface area contributed by atoms with Gasteiger partial charge in [-0.25, -0.2) is 0 Å². The summed E-state index contributed by atoms with van der Waals surface area (Å²) in [5.41, 5.74) is 1.49. The summed E-state index contributed by atoms with van der Waals surface area (Å²) in [6.07, 6.45) is 3.55. The van der Waals surface area contributed by atoms with Gasteiger partial charge in [0.1, 0.15) is 0 Å². The molecule has 0 aliphatic heterocycles. The highest BCUT2D eigenvalue weighted by atomic mass is 35.5. The number of unbranched alkanes of at least 4 members (excludes halogenated alkanes) is 2. The summed E-state index contributed by atoms with van der Waals surface area (Å²) in [6, 6.07) is 5.48. The number of carbonyl (C=O) groups excluding carboxylic acids is 1. The normalized spacial score (nSPS) is 10.2. The maximum Gasteiger partial charge on any atom is 0.254 e. The van der Waals surface area contributed by atoms with Gasteiger partial charge in [-0.15, -0.1) is 0 Å². The van der Waals surface area contributed by atoms with Gasteiger partial charge in [0.25, 0.3) is 5.91 Å². The highest BCUT2D eigenvalue weighted by molar-refractivity contribution is 6.34. The Morgan fingerprint density at radius 1 is 1.33 bits per heavy atom. The molecule has 0 aliphatic rings. The lowest BCUT2D eigenvalue weighted by atomic mass is 10.1. The van der Waals surface area contributed by atoms with E-state index >= 15 is 0 Å². The van der Waals surface area contributed by atoms with Crippen LogP contribution in [-0.2, 0) is 0 Å². The first kappa shape index (κ1) is 14.8. The molecule has 0 aromatic heterocycles. The van der Waals surface area contributed by atoms with Crippen LogP contribution in [-0.4, -0.2) is 31.4 Å². The topological polar surface area (TPSA) is 32.3 Å². The van der Waals surface area contributed by atoms with Gasteiger partial charge in [-0.05, 0) is 24.6 Å². The molecule has 0 spiro atoms. The summed E-state index contributed by atoms with van der Waals surface area (Å²) >= 11 is 6.04. The van der Waals surface area contributed by atoms with Crippen LogP contribution in [0.5, 0.6) is 0 Å². The van der Waals surface area contributed by atoms with E-state index in [1.54, 1.807) is 20.2 Å². The second-order valence-electron chi connectivity index (χ2n) is 4.53. The van der Waals surface area contributed by atoms with Crippen LogP contribution in [0.25, 0.3) is 0 Å². The zero-order chi connectivity index (χ0) is 13.5. The van der Waals surface area contributed by atoms with Gasteiger partial charge in [-0.3, -0.25) is 4.79 Å². The standard InChI is InChI=1S/C14H21ClN2O/c1-4-5-6-9-16-11-7-8-13(15)12(10-11)14(18)17(2)3/h7-8,10,16H,4-6,9H2,1-3H3. The third-order valence-corrected chi connectivity index (χ3v) is 3.04. The Labute approximate surface area is 114 Å². The fourth-order valence-electron chi connectivity index (χ4n) is 1.65. The number of rotatable bonds is 6. The van der Waals surface area contributed by atoms with Gasteiger partial charge in [0.15, 0.2) is 0 Å². The number of hydrogen-bond acceptors (Lipinski definition) is 2. The molecule has 3 nitrogen and oxygen atoms in total. The van der Waals surface area contributed by atoms with Gasteiger partial charge in [-0.2, -0.15) is 0 Å². The van der Waals surface area contributed by atoms with E-state index < -0.39 is 0 Å². The lowest BCUT2D eigenvalue weighted by Gasteiger charge is -2.13. The number of halogens is 1. The number of amides is 1. The average Bonchev–Trinajstić information content (AvgIpc) is 2.35. The molecule has 0 radical (unpaired) electrons. The molecule has 1 aromatic carbocycles. The van der Waals surface area contributed by atoms with Gasteiger partial charge in [0.2, 0.25) is 0 Å². The average molecular weight is 269 g/mol. The fraction of sp³-hybridized carbons (Fsp3) is 0.500. The van der Waals surface area contributed by atoms with Gasteiger partial charge >= 0.3 is 0 Å². The highest BCUT2D eigenvalue weighted by Crippen LogP contribution is 2.21. The molecule has 18 heavy (non-hydrogen) atoms. The van der Waals surface area contributed by atoms with Crippen molar-refractivity contribution in [1.29, 1.82) is 0 Å². The van der Waals surface area contributed by atoms with Crippen molar-refractivity contribution in [3.8, 4) is 0 Å². The van der Waals surface area contributed by atoms with E-state index in [0.29, 0.717) is 10.6 Å². The summed E-state index contributed by atoms with van der Waals surface area (Å²) in [5.74, 6) is -0.0720. The maximum absolute atomic E-state index is 11.9. The van der Waals surface area contributed by atoms with Crippen LogP contribution < -0.4 is 5.32 Å². The SMILES string of the molecule is CCCCCNc1ccc(Cl)c(C(=O)N(C)C)c1. The van der Waals surface area contributed by atoms with Crippen molar-refractivity contribution in [1.82, 2.24) is 4.90 Å². The van der Waals surface area contributed by atoms with Crippen LogP contribution in [0.1, 0.15) is 36.5 Å². The largest absolute Gasteiger partial charge is 0.385 e. The number of carbonyl (C=O) groups is 1. The second kappa shape index (κ2) is 7.27. The number of anilines is 1. The molecule has 0 aliphatic carbocycles. The number of benzene rings is 1. The Bertz CT molecular complexity index is 405. The molecule has 0 unspecified atom stereocenters. The molecular formula is C14H21ClN2O. The van der Waals surface area contributed by atoms with Crippen molar-refractivity contribution in [3.05, 3.63) is 28.8 Å². The quantitative estimate of drug-likeness (QED) is 0.799. The molecule has 0 saturated heterocycles. The Hall–Kier alpha value is -1.22. The lowest BCUT2D eigenvalue weighted by molar-refractivity contribution is 0.0828. The van der Waals surface area contributed by atoms with E-state index in [1.807, 2.05) is 12.1 Å². The van der Waals surface area contributed by atoms with Crippen LogP contribution in [0.2, 0.25) is 5.02 Å². The van der Waals surface area contributed by atoms with Crippen molar-refractivity contribution >= 4 is 23.2 Å². The summed E-state index contributed by atoms with van der Waals surface area (Å²) in [7, 11) is 3.44. The van der Waals surface area contributed by atoms with E-state index in [9.17, 15) is 4.79 Å². The molecule has 1 aromatic rings. The Morgan fingerprint density at radius 3 is 2.67 bits per heavy atom. The number of hydrogen-bond donors (Lipinski definition) is 1. The summed E-state index contributed by atoms with van der Waals surface area (Å²) < 4.78 is 0.